The number of hydrogen-bond acceptors (Lipinski definition) is 7. The van der Waals surface area contributed by atoms with Crippen LogP contribution in [0.5, 0.6) is 11.8 Å². The molecule has 3 fully saturated rings. The topological polar surface area (TPSA) is 82.0 Å². The van der Waals surface area contributed by atoms with Gasteiger partial charge in [-0.3, -0.25) is 4.90 Å². The van der Waals surface area contributed by atoms with Crippen LogP contribution in [0.1, 0.15) is 37.7 Å². The number of aliphatic hydroxyl groups is 1. The predicted octanol–water partition coefficient (Wildman–Crippen LogP) is 5.33. The number of phenols is 1. The van der Waals surface area contributed by atoms with Crippen molar-refractivity contribution >= 4 is 27.5 Å². The van der Waals surface area contributed by atoms with Crippen molar-refractivity contribution in [2.24, 2.45) is 0 Å². The van der Waals surface area contributed by atoms with Crippen LogP contribution in [0.15, 0.2) is 36.4 Å². The van der Waals surface area contributed by atoms with E-state index < -0.39 is 29.4 Å². The zero-order valence-corrected chi connectivity index (χ0v) is 23.5. The summed E-state index contributed by atoms with van der Waals surface area (Å²) >= 11 is 0. The molecule has 0 bridgehead atoms. The lowest BCUT2D eigenvalue weighted by Crippen LogP contribution is -2.43. The van der Waals surface area contributed by atoms with Crippen LogP contribution in [-0.2, 0) is 0 Å². The number of terminal acetylenes is 1. The number of piperidine rings is 1. The van der Waals surface area contributed by atoms with Crippen molar-refractivity contribution in [2.45, 2.75) is 49.9 Å². The van der Waals surface area contributed by atoms with Gasteiger partial charge in [0.25, 0.3) is 0 Å². The first kappa shape index (κ1) is 27.7. The number of phenolic OH excluding ortho intramolecular Hbond substituents is 1. The summed E-state index contributed by atoms with van der Waals surface area (Å²) in [6, 6.07) is 8.68. The molecule has 0 radical (unpaired) electrons. The second-order valence-electron chi connectivity index (χ2n) is 11.9. The van der Waals surface area contributed by atoms with Gasteiger partial charge in [-0.15, -0.1) is 6.42 Å². The van der Waals surface area contributed by atoms with Crippen LogP contribution in [0.4, 0.5) is 19.0 Å². The van der Waals surface area contributed by atoms with Gasteiger partial charge in [-0.1, -0.05) is 18.1 Å². The van der Waals surface area contributed by atoms with Gasteiger partial charge in [-0.2, -0.15) is 9.97 Å². The Labute approximate surface area is 246 Å². The van der Waals surface area contributed by atoms with E-state index in [0.29, 0.717) is 54.5 Å². The smallest absolute Gasteiger partial charge is 0.319 e. The number of anilines is 1. The molecule has 0 spiro atoms. The van der Waals surface area contributed by atoms with Crippen LogP contribution in [0, 0.1) is 24.0 Å². The van der Waals surface area contributed by atoms with Gasteiger partial charge in [0.1, 0.15) is 35.7 Å². The Hall–Kier alpha value is -4.07. The van der Waals surface area contributed by atoms with E-state index in [-0.39, 0.29) is 40.6 Å². The van der Waals surface area contributed by atoms with Gasteiger partial charge in [0.2, 0.25) is 0 Å². The highest BCUT2D eigenvalue weighted by Gasteiger charge is 2.49. The fourth-order valence-electron chi connectivity index (χ4n) is 7.21. The SMILES string of the molecule is C#Cc1c(F)ccc2cc(O)cc(-c3ccc4c(N5CCCC(O)C5)nc(OCC56CCCN5CC(F)C6)nc4c3F)c12. The summed E-state index contributed by atoms with van der Waals surface area (Å²) in [6.07, 6.45) is 7.66. The van der Waals surface area contributed by atoms with Crippen LogP contribution < -0.4 is 9.64 Å². The minimum atomic E-state index is -0.929. The number of benzene rings is 3. The van der Waals surface area contributed by atoms with Gasteiger partial charge in [0.15, 0.2) is 5.82 Å². The number of fused-ring (bicyclic) bond motifs is 3. The third-order valence-corrected chi connectivity index (χ3v) is 9.18. The molecule has 3 saturated heterocycles. The number of alkyl halides is 1. The molecule has 4 aromatic rings. The highest BCUT2D eigenvalue weighted by atomic mass is 19.1. The van der Waals surface area contributed by atoms with Crippen LogP contribution in [-0.4, -0.2) is 75.7 Å². The lowest BCUT2D eigenvalue weighted by molar-refractivity contribution is 0.107. The molecule has 2 N–H and O–H groups in total. The maximum atomic E-state index is 16.7. The maximum absolute atomic E-state index is 16.7. The van der Waals surface area contributed by atoms with Gasteiger partial charge in [-0.05, 0) is 67.4 Å². The number of ether oxygens (including phenoxy) is 1. The van der Waals surface area contributed by atoms with E-state index in [1.807, 2.05) is 4.90 Å². The highest BCUT2D eigenvalue weighted by Crippen LogP contribution is 2.42. The van der Waals surface area contributed by atoms with Crippen molar-refractivity contribution in [3.63, 3.8) is 0 Å². The third kappa shape index (κ3) is 4.71. The minimum absolute atomic E-state index is 0.0247. The molecule has 3 aliphatic rings. The van der Waals surface area contributed by atoms with E-state index >= 15 is 4.39 Å². The average molecular weight is 589 g/mol. The van der Waals surface area contributed by atoms with Gasteiger partial charge in [-0.25, -0.2) is 13.2 Å². The predicted molar refractivity (Wildman–Crippen MR) is 158 cm³/mol. The van der Waals surface area contributed by atoms with Crippen LogP contribution >= 0.6 is 0 Å². The summed E-state index contributed by atoms with van der Waals surface area (Å²) in [5, 5.41) is 22.1. The van der Waals surface area contributed by atoms with Crippen molar-refractivity contribution in [3.05, 3.63) is 53.6 Å². The van der Waals surface area contributed by atoms with Gasteiger partial charge < -0.3 is 19.8 Å². The lowest BCUT2D eigenvalue weighted by atomic mass is 9.93. The molecule has 3 unspecified atom stereocenters. The van der Waals surface area contributed by atoms with E-state index in [4.69, 9.17) is 11.2 Å². The van der Waals surface area contributed by atoms with E-state index in [1.54, 1.807) is 12.1 Å². The van der Waals surface area contributed by atoms with E-state index in [0.717, 1.165) is 25.8 Å². The summed E-state index contributed by atoms with van der Waals surface area (Å²) in [4.78, 5) is 13.2. The summed E-state index contributed by atoms with van der Waals surface area (Å²) < 4.78 is 51.9. The number of aromatic hydroxyl groups is 1. The molecule has 4 heterocycles. The van der Waals surface area contributed by atoms with E-state index in [1.165, 1.54) is 24.3 Å². The zero-order chi connectivity index (χ0) is 29.9. The standard InChI is InChI=1S/C33H31F3N4O3/c1-2-23-27(35)9-6-19-13-22(42)14-26(28(19)23)24-7-8-25-30(29(24)36)37-32(38-31(25)39-11-3-5-21(41)17-39)43-18-33-10-4-12-40(33)16-20(34)15-33/h1,6-9,13-14,20-21,41-42H,3-5,10-12,15-18H2. The molecule has 222 valence electrons. The van der Waals surface area contributed by atoms with Crippen molar-refractivity contribution < 1.29 is 28.1 Å². The van der Waals surface area contributed by atoms with Crippen LogP contribution in [0.3, 0.4) is 0 Å². The molecule has 43 heavy (non-hydrogen) atoms. The first-order chi connectivity index (χ1) is 20.8. The molecule has 10 heteroatoms. The Morgan fingerprint density at radius 2 is 1.93 bits per heavy atom. The fourth-order valence-corrected chi connectivity index (χ4v) is 7.21. The van der Waals surface area contributed by atoms with Gasteiger partial charge >= 0.3 is 6.01 Å². The van der Waals surface area contributed by atoms with Crippen molar-refractivity contribution in [3.8, 4) is 35.2 Å². The summed E-state index contributed by atoms with van der Waals surface area (Å²) in [5.74, 6) is 1.32. The monoisotopic (exact) mass is 588 g/mol. The van der Waals surface area contributed by atoms with Crippen LogP contribution in [0.25, 0.3) is 32.8 Å². The number of aliphatic hydroxyl groups excluding tert-OH is 1. The number of aromatic nitrogens is 2. The minimum Gasteiger partial charge on any atom is -0.508 e. The maximum Gasteiger partial charge on any atom is 0.319 e. The largest absolute Gasteiger partial charge is 0.508 e. The highest BCUT2D eigenvalue weighted by molar-refractivity contribution is 6.04. The van der Waals surface area contributed by atoms with Crippen molar-refractivity contribution in [1.29, 1.82) is 0 Å². The molecule has 7 rings (SSSR count). The molecular formula is C33H31F3N4O3. The summed E-state index contributed by atoms with van der Waals surface area (Å²) in [6.45, 7) is 2.27. The Bertz CT molecular complexity index is 1790. The van der Waals surface area contributed by atoms with E-state index in [2.05, 4.69) is 20.8 Å². The molecular weight excluding hydrogens is 557 g/mol. The number of halogens is 3. The quantitative estimate of drug-likeness (QED) is 0.305. The van der Waals surface area contributed by atoms with Gasteiger partial charge in [0, 0.05) is 42.4 Å². The normalized spacial score (nSPS) is 24.0. The molecule has 3 aromatic carbocycles. The van der Waals surface area contributed by atoms with Crippen molar-refractivity contribution in [1.82, 2.24) is 14.9 Å². The molecule has 0 amide bonds. The molecule has 3 aliphatic heterocycles. The third-order valence-electron chi connectivity index (χ3n) is 9.18. The fraction of sp³-hybridized carbons (Fsp3) is 0.394. The lowest BCUT2D eigenvalue weighted by Gasteiger charge is -2.33. The second-order valence-corrected chi connectivity index (χ2v) is 11.9. The van der Waals surface area contributed by atoms with Crippen LogP contribution in [0.2, 0.25) is 0 Å². The average Bonchev–Trinajstić information content (AvgIpc) is 3.51. The second kappa shape index (κ2) is 10.6. The summed E-state index contributed by atoms with van der Waals surface area (Å²) in [5.41, 5.74) is -0.219. The zero-order valence-electron chi connectivity index (χ0n) is 23.5. The summed E-state index contributed by atoms with van der Waals surface area (Å²) in [7, 11) is 0. The number of hydrogen-bond donors (Lipinski definition) is 2. The molecule has 0 saturated carbocycles. The number of rotatable bonds is 5. The van der Waals surface area contributed by atoms with E-state index in [9.17, 15) is 19.0 Å². The molecule has 7 nitrogen and oxygen atoms in total. The Morgan fingerprint density at radius 1 is 1.07 bits per heavy atom. The Morgan fingerprint density at radius 3 is 2.74 bits per heavy atom. The number of nitrogens with zero attached hydrogens (tertiary/aromatic N) is 4. The van der Waals surface area contributed by atoms with Gasteiger partial charge in [0.05, 0.1) is 17.2 Å². The molecule has 1 aromatic heterocycles. The number of β-amino-alcohol motifs (C(OH)–C–C–N with tert-alkyl or cyclic N) is 1. The Balaban J connectivity index is 1.38. The van der Waals surface area contributed by atoms with Crippen molar-refractivity contribution in [2.75, 3.05) is 37.7 Å². The Kier molecular flexibility index (Phi) is 6.83. The first-order valence-electron chi connectivity index (χ1n) is 14.6. The molecule has 3 atom stereocenters. The first-order valence-corrected chi connectivity index (χ1v) is 14.6. The molecule has 0 aliphatic carbocycles.